The Morgan fingerprint density at radius 3 is 2.67 bits per heavy atom. The summed E-state index contributed by atoms with van der Waals surface area (Å²) < 4.78 is 5.34. The van der Waals surface area contributed by atoms with Crippen molar-refractivity contribution in [3.63, 3.8) is 0 Å². The standard InChI is InChI=1S/C16H13N3O2/c17-12-6-4-5-11(9-12)16-19-14(10-21-16)15(20)18-13-7-2-1-3-8-13/h1-10H,17H2,(H,18,20). The molecule has 3 N–H and O–H groups in total. The normalized spacial score (nSPS) is 10.3. The lowest BCUT2D eigenvalue weighted by atomic mass is 10.2. The van der Waals surface area contributed by atoms with Crippen LogP contribution in [0.2, 0.25) is 0 Å². The van der Waals surface area contributed by atoms with E-state index in [1.54, 1.807) is 30.3 Å². The Kier molecular flexibility index (Phi) is 3.39. The van der Waals surface area contributed by atoms with Gasteiger partial charge in [0.15, 0.2) is 5.69 Å². The highest BCUT2D eigenvalue weighted by atomic mass is 16.3. The van der Waals surface area contributed by atoms with Crippen molar-refractivity contribution in [2.24, 2.45) is 0 Å². The molecular formula is C16H13N3O2. The van der Waals surface area contributed by atoms with Crippen molar-refractivity contribution in [2.75, 3.05) is 11.1 Å². The Hall–Kier alpha value is -3.08. The Labute approximate surface area is 121 Å². The van der Waals surface area contributed by atoms with Gasteiger partial charge in [-0.05, 0) is 30.3 Å². The van der Waals surface area contributed by atoms with Gasteiger partial charge in [-0.25, -0.2) is 4.98 Å². The predicted molar refractivity (Wildman–Crippen MR) is 80.7 cm³/mol. The summed E-state index contributed by atoms with van der Waals surface area (Å²) >= 11 is 0. The Bertz CT molecular complexity index is 766. The van der Waals surface area contributed by atoms with E-state index >= 15 is 0 Å². The number of benzene rings is 2. The molecule has 0 saturated carbocycles. The highest BCUT2D eigenvalue weighted by Crippen LogP contribution is 2.21. The first-order valence-electron chi connectivity index (χ1n) is 6.40. The van der Waals surface area contributed by atoms with Crippen molar-refractivity contribution in [1.29, 1.82) is 0 Å². The fourth-order valence-corrected chi connectivity index (χ4v) is 1.90. The van der Waals surface area contributed by atoms with E-state index in [1.807, 2.05) is 24.3 Å². The molecule has 2 aromatic carbocycles. The van der Waals surface area contributed by atoms with Crippen molar-refractivity contribution < 1.29 is 9.21 Å². The zero-order valence-corrected chi connectivity index (χ0v) is 11.1. The second-order valence-electron chi connectivity index (χ2n) is 4.48. The number of nitrogen functional groups attached to an aromatic ring is 1. The molecule has 5 nitrogen and oxygen atoms in total. The number of hydrogen-bond acceptors (Lipinski definition) is 4. The molecule has 0 saturated heterocycles. The number of nitrogens with two attached hydrogens (primary N) is 1. The zero-order chi connectivity index (χ0) is 14.7. The van der Waals surface area contributed by atoms with E-state index in [9.17, 15) is 4.79 Å². The van der Waals surface area contributed by atoms with Crippen LogP contribution in [0, 0.1) is 0 Å². The van der Waals surface area contributed by atoms with Crippen LogP contribution in [0.15, 0.2) is 65.3 Å². The lowest BCUT2D eigenvalue weighted by Crippen LogP contribution is -2.12. The molecule has 0 atom stereocenters. The van der Waals surface area contributed by atoms with E-state index in [0.29, 0.717) is 17.3 Å². The average molecular weight is 279 g/mol. The summed E-state index contributed by atoms with van der Waals surface area (Å²) in [5.74, 6) is 0.0422. The van der Waals surface area contributed by atoms with Gasteiger partial charge in [-0.3, -0.25) is 4.79 Å². The van der Waals surface area contributed by atoms with Crippen LogP contribution in [0.25, 0.3) is 11.5 Å². The van der Waals surface area contributed by atoms with Crippen LogP contribution < -0.4 is 11.1 Å². The van der Waals surface area contributed by atoms with Gasteiger partial charge in [0.25, 0.3) is 5.91 Å². The number of nitrogens with zero attached hydrogens (tertiary/aromatic N) is 1. The fraction of sp³-hybridized carbons (Fsp3) is 0. The van der Waals surface area contributed by atoms with E-state index in [-0.39, 0.29) is 11.6 Å². The monoisotopic (exact) mass is 279 g/mol. The number of anilines is 2. The van der Waals surface area contributed by atoms with Crippen molar-refractivity contribution in [3.8, 4) is 11.5 Å². The predicted octanol–water partition coefficient (Wildman–Crippen LogP) is 3.18. The number of rotatable bonds is 3. The van der Waals surface area contributed by atoms with Crippen molar-refractivity contribution in [2.45, 2.75) is 0 Å². The number of aromatic nitrogens is 1. The largest absolute Gasteiger partial charge is 0.444 e. The molecule has 104 valence electrons. The average Bonchev–Trinajstić information content (AvgIpc) is 2.98. The van der Waals surface area contributed by atoms with Crippen LogP contribution in [0.3, 0.4) is 0 Å². The first kappa shape index (κ1) is 12.9. The molecule has 1 heterocycles. The van der Waals surface area contributed by atoms with Gasteiger partial charge in [0, 0.05) is 16.9 Å². The van der Waals surface area contributed by atoms with Crippen LogP contribution in [-0.4, -0.2) is 10.9 Å². The van der Waals surface area contributed by atoms with Crippen LogP contribution in [0.5, 0.6) is 0 Å². The first-order chi connectivity index (χ1) is 10.2. The molecule has 1 amide bonds. The Balaban J connectivity index is 1.80. The summed E-state index contributed by atoms with van der Waals surface area (Å²) in [5, 5.41) is 2.75. The number of carbonyl (C=O) groups excluding carboxylic acids is 1. The SMILES string of the molecule is Nc1cccc(-c2nc(C(=O)Nc3ccccc3)co2)c1. The number of para-hydroxylation sites is 1. The van der Waals surface area contributed by atoms with Crippen molar-refractivity contribution >= 4 is 17.3 Å². The minimum Gasteiger partial charge on any atom is -0.444 e. The third-order valence-corrected chi connectivity index (χ3v) is 2.90. The summed E-state index contributed by atoms with van der Waals surface area (Å²) in [6.45, 7) is 0. The van der Waals surface area contributed by atoms with E-state index in [4.69, 9.17) is 10.2 Å². The van der Waals surface area contributed by atoms with Crippen LogP contribution in [0.1, 0.15) is 10.5 Å². The molecule has 5 heteroatoms. The van der Waals surface area contributed by atoms with Crippen molar-refractivity contribution in [1.82, 2.24) is 4.98 Å². The maximum atomic E-state index is 12.1. The van der Waals surface area contributed by atoms with Gasteiger partial charge in [0.1, 0.15) is 6.26 Å². The highest BCUT2D eigenvalue weighted by Gasteiger charge is 2.13. The molecular weight excluding hydrogens is 266 g/mol. The third kappa shape index (κ3) is 2.92. The minimum absolute atomic E-state index is 0.219. The summed E-state index contributed by atoms with van der Waals surface area (Å²) in [7, 11) is 0. The lowest BCUT2D eigenvalue weighted by molar-refractivity contribution is 0.102. The highest BCUT2D eigenvalue weighted by molar-refractivity contribution is 6.02. The third-order valence-electron chi connectivity index (χ3n) is 2.90. The first-order valence-corrected chi connectivity index (χ1v) is 6.40. The number of nitrogens with one attached hydrogen (secondary N) is 1. The number of oxazole rings is 1. The molecule has 0 spiro atoms. The second-order valence-corrected chi connectivity index (χ2v) is 4.48. The molecule has 21 heavy (non-hydrogen) atoms. The van der Waals surface area contributed by atoms with E-state index < -0.39 is 0 Å². The van der Waals surface area contributed by atoms with E-state index in [1.165, 1.54) is 6.26 Å². The summed E-state index contributed by atoms with van der Waals surface area (Å²) in [6.07, 6.45) is 1.33. The smallest absolute Gasteiger partial charge is 0.277 e. The lowest BCUT2D eigenvalue weighted by Gasteiger charge is -2.01. The quantitative estimate of drug-likeness (QED) is 0.721. The summed E-state index contributed by atoms with van der Waals surface area (Å²) in [5.41, 5.74) is 7.98. The number of amides is 1. The number of hydrogen-bond donors (Lipinski definition) is 2. The topological polar surface area (TPSA) is 81.1 Å². The molecule has 0 unspecified atom stereocenters. The van der Waals surface area contributed by atoms with Crippen LogP contribution in [0.4, 0.5) is 11.4 Å². The van der Waals surface area contributed by atoms with Gasteiger partial charge in [-0.1, -0.05) is 24.3 Å². The molecule has 3 rings (SSSR count). The number of carbonyl (C=O) groups is 1. The van der Waals surface area contributed by atoms with Gasteiger partial charge < -0.3 is 15.5 Å². The minimum atomic E-state index is -0.319. The Morgan fingerprint density at radius 1 is 1.10 bits per heavy atom. The van der Waals surface area contributed by atoms with E-state index in [0.717, 1.165) is 5.56 Å². The Morgan fingerprint density at radius 2 is 1.90 bits per heavy atom. The molecule has 0 bridgehead atoms. The van der Waals surface area contributed by atoms with Gasteiger partial charge in [-0.2, -0.15) is 0 Å². The van der Waals surface area contributed by atoms with Crippen LogP contribution >= 0.6 is 0 Å². The van der Waals surface area contributed by atoms with Gasteiger partial charge in [0.05, 0.1) is 0 Å². The maximum Gasteiger partial charge on any atom is 0.277 e. The molecule has 0 radical (unpaired) electrons. The molecule has 0 aliphatic rings. The zero-order valence-electron chi connectivity index (χ0n) is 11.1. The molecule has 0 aliphatic carbocycles. The molecule has 0 fully saturated rings. The summed E-state index contributed by atoms with van der Waals surface area (Å²) in [6, 6.07) is 16.3. The summed E-state index contributed by atoms with van der Waals surface area (Å²) in [4.78, 5) is 16.3. The van der Waals surface area contributed by atoms with Crippen molar-refractivity contribution in [3.05, 3.63) is 66.6 Å². The van der Waals surface area contributed by atoms with Crippen LogP contribution in [-0.2, 0) is 0 Å². The van der Waals surface area contributed by atoms with Gasteiger partial charge in [-0.15, -0.1) is 0 Å². The van der Waals surface area contributed by atoms with Gasteiger partial charge >= 0.3 is 0 Å². The molecule has 1 aromatic heterocycles. The maximum absolute atomic E-state index is 12.1. The molecule has 0 aliphatic heterocycles. The second kappa shape index (κ2) is 5.50. The van der Waals surface area contributed by atoms with Gasteiger partial charge in [0.2, 0.25) is 5.89 Å². The fourth-order valence-electron chi connectivity index (χ4n) is 1.90. The van der Waals surface area contributed by atoms with E-state index in [2.05, 4.69) is 10.3 Å². The molecule has 3 aromatic rings.